The fourth-order valence-electron chi connectivity index (χ4n) is 2.83. The smallest absolute Gasteiger partial charge is 0.150 e. The molecule has 112 valence electrons. The van der Waals surface area contributed by atoms with Gasteiger partial charge in [0.2, 0.25) is 0 Å². The van der Waals surface area contributed by atoms with Gasteiger partial charge in [0.05, 0.1) is 11.1 Å². The van der Waals surface area contributed by atoms with E-state index in [1.165, 1.54) is 6.26 Å². The highest BCUT2D eigenvalue weighted by Gasteiger charge is 2.31. The van der Waals surface area contributed by atoms with Crippen LogP contribution in [-0.4, -0.2) is 49.8 Å². The summed E-state index contributed by atoms with van der Waals surface area (Å²) >= 11 is 0. The van der Waals surface area contributed by atoms with Crippen LogP contribution in [0.4, 0.5) is 0 Å². The molecule has 0 aromatic rings. The van der Waals surface area contributed by atoms with Crippen molar-refractivity contribution in [2.75, 3.05) is 19.3 Å². The Hall–Kier alpha value is -0.620. The first kappa shape index (κ1) is 16.4. The first-order chi connectivity index (χ1) is 8.75. The molecular formula is C13H27N3O2S. The minimum Gasteiger partial charge on any atom is -0.387 e. The third kappa shape index (κ3) is 4.76. The second-order valence-electron chi connectivity index (χ2n) is 5.72. The molecule has 0 aromatic carbocycles. The van der Waals surface area contributed by atoms with Crippen LogP contribution in [0.3, 0.4) is 0 Å². The summed E-state index contributed by atoms with van der Waals surface area (Å²) in [4.78, 5) is 2.28. The molecule has 1 aliphatic carbocycles. The lowest BCUT2D eigenvalue weighted by Crippen LogP contribution is -2.45. The van der Waals surface area contributed by atoms with Crippen molar-refractivity contribution < 1.29 is 8.42 Å². The van der Waals surface area contributed by atoms with Crippen LogP contribution in [0, 0.1) is 11.3 Å². The van der Waals surface area contributed by atoms with Crippen LogP contribution in [0.2, 0.25) is 0 Å². The highest BCUT2D eigenvalue weighted by Crippen LogP contribution is 2.27. The van der Waals surface area contributed by atoms with E-state index in [1.54, 1.807) is 0 Å². The van der Waals surface area contributed by atoms with E-state index in [9.17, 15) is 8.42 Å². The first-order valence-electron chi connectivity index (χ1n) is 7.02. The van der Waals surface area contributed by atoms with Crippen molar-refractivity contribution in [3.8, 4) is 0 Å². The number of rotatable bonds is 6. The summed E-state index contributed by atoms with van der Waals surface area (Å²) in [5, 5.41) is 7.28. The van der Waals surface area contributed by atoms with Crippen LogP contribution in [0.1, 0.15) is 39.5 Å². The van der Waals surface area contributed by atoms with Crippen molar-refractivity contribution >= 4 is 15.7 Å². The topological polar surface area (TPSA) is 87.2 Å². The van der Waals surface area contributed by atoms with Crippen LogP contribution >= 0.6 is 0 Å². The van der Waals surface area contributed by atoms with Crippen LogP contribution < -0.4 is 5.73 Å². The van der Waals surface area contributed by atoms with Crippen molar-refractivity contribution in [2.45, 2.75) is 50.8 Å². The molecule has 1 aliphatic rings. The molecule has 1 fully saturated rings. The average molecular weight is 289 g/mol. The normalized spacial score (nSPS) is 26.3. The van der Waals surface area contributed by atoms with E-state index in [0.29, 0.717) is 6.04 Å². The average Bonchev–Trinajstić information content (AvgIpc) is 2.34. The molecule has 0 aliphatic heterocycles. The van der Waals surface area contributed by atoms with Gasteiger partial charge in [-0.15, -0.1) is 0 Å². The van der Waals surface area contributed by atoms with Crippen LogP contribution in [0.5, 0.6) is 0 Å². The Kier molecular flexibility index (Phi) is 5.80. The van der Waals surface area contributed by atoms with Crippen molar-refractivity contribution in [1.82, 2.24) is 4.90 Å². The summed E-state index contributed by atoms with van der Waals surface area (Å²) < 4.78 is 23.4. The van der Waals surface area contributed by atoms with Crippen molar-refractivity contribution in [1.29, 1.82) is 5.41 Å². The Morgan fingerprint density at radius 2 is 2.11 bits per heavy atom. The molecule has 0 spiro atoms. The molecule has 0 amide bonds. The Morgan fingerprint density at radius 1 is 1.47 bits per heavy atom. The van der Waals surface area contributed by atoms with Gasteiger partial charge in [-0.25, -0.2) is 8.42 Å². The molecule has 0 aromatic heterocycles. The van der Waals surface area contributed by atoms with Gasteiger partial charge in [-0.2, -0.15) is 0 Å². The molecule has 19 heavy (non-hydrogen) atoms. The number of nitrogens with zero attached hydrogens (tertiary/aromatic N) is 1. The molecule has 0 bridgehead atoms. The quantitative estimate of drug-likeness (QED) is 0.569. The molecule has 1 saturated carbocycles. The molecule has 1 rings (SSSR count). The number of hydrogen-bond acceptors (Lipinski definition) is 4. The predicted octanol–water partition coefficient (Wildman–Crippen LogP) is 1.24. The number of hydrogen-bond donors (Lipinski definition) is 2. The van der Waals surface area contributed by atoms with Crippen LogP contribution in [0.25, 0.3) is 0 Å². The molecule has 0 saturated heterocycles. The zero-order chi connectivity index (χ0) is 14.6. The lowest BCUT2D eigenvalue weighted by atomic mass is 9.93. The monoisotopic (exact) mass is 289 g/mol. The third-order valence-electron chi connectivity index (χ3n) is 4.17. The molecule has 3 N–H and O–H groups in total. The maximum Gasteiger partial charge on any atom is 0.150 e. The summed E-state index contributed by atoms with van der Waals surface area (Å²) in [6.07, 6.45) is 4.86. The van der Waals surface area contributed by atoms with Gasteiger partial charge in [0.25, 0.3) is 0 Å². The van der Waals surface area contributed by atoms with Gasteiger partial charge >= 0.3 is 0 Å². The van der Waals surface area contributed by atoms with E-state index in [2.05, 4.69) is 11.8 Å². The van der Waals surface area contributed by atoms with E-state index in [0.717, 1.165) is 38.8 Å². The fourth-order valence-corrected chi connectivity index (χ4v) is 3.99. The van der Waals surface area contributed by atoms with E-state index >= 15 is 0 Å². The van der Waals surface area contributed by atoms with Gasteiger partial charge < -0.3 is 5.73 Å². The van der Waals surface area contributed by atoms with Crippen molar-refractivity contribution in [2.24, 2.45) is 11.7 Å². The lowest BCUT2D eigenvalue weighted by molar-refractivity contribution is 0.156. The van der Waals surface area contributed by atoms with E-state index in [-0.39, 0.29) is 17.0 Å². The maximum atomic E-state index is 11.7. The number of nitrogens with one attached hydrogen (secondary N) is 1. The molecule has 5 nitrogen and oxygen atoms in total. The van der Waals surface area contributed by atoms with E-state index < -0.39 is 9.84 Å². The molecule has 0 heterocycles. The number of sulfone groups is 1. The standard InChI is InChI=1S/C13H27N3O2S/c1-4-16(9-10(2)13(14)15)11-6-5-7-12(8-11)19(3,17)18/h10-12H,4-9H2,1-3H3,(H3,14,15). The molecule has 3 unspecified atom stereocenters. The maximum absolute atomic E-state index is 11.7. The first-order valence-corrected chi connectivity index (χ1v) is 8.98. The lowest BCUT2D eigenvalue weighted by Gasteiger charge is -2.37. The van der Waals surface area contributed by atoms with Crippen LogP contribution in [0.15, 0.2) is 0 Å². The zero-order valence-corrected chi connectivity index (χ0v) is 13.0. The highest BCUT2D eigenvalue weighted by atomic mass is 32.2. The zero-order valence-electron chi connectivity index (χ0n) is 12.2. The van der Waals surface area contributed by atoms with Gasteiger partial charge in [-0.3, -0.25) is 10.3 Å². The summed E-state index contributed by atoms with van der Waals surface area (Å²) in [6.45, 7) is 5.64. The van der Waals surface area contributed by atoms with Gasteiger partial charge in [0, 0.05) is 24.8 Å². The summed E-state index contributed by atoms with van der Waals surface area (Å²) in [7, 11) is -2.94. The summed E-state index contributed by atoms with van der Waals surface area (Å²) in [6, 6.07) is 0.306. The highest BCUT2D eigenvalue weighted by molar-refractivity contribution is 7.91. The largest absolute Gasteiger partial charge is 0.387 e. The van der Waals surface area contributed by atoms with E-state index in [1.807, 2.05) is 6.92 Å². The predicted molar refractivity (Wildman–Crippen MR) is 79.2 cm³/mol. The molecular weight excluding hydrogens is 262 g/mol. The second kappa shape index (κ2) is 6.70. The minimum absolute atomic E-state index is 0.0264. The molecule has 6 heteroatoms. The van der Waals surface area contributed by atoms with Crippen molar-refractivity contribution in [3.05, 3.63) is 0 Å². The third-order valence-corrected chi connectivity index (χ3v) is 5.80. The Balaban J connectivity index is 2.68. The van der Waals surface area contributed by atoms with Gasteiger partial charge in [0.1, 0.15) is 9.84 Å². The Labute approximate surface area is 117 Å². The Morgan fingerprint density at radius 3 is 2.58 bits per heavy atom. The van der Waals surface area contributed by atoms with Crippen LogP contribution in [-0.2, 0) is 9.84 Å². The van der Waals surface area contributed by atoms with Gasteiger partial charge in [-0.1, -0.05) is 20.3 Å². The van der Waals surface area contributed by atoms with Gasteiger partial charge in [-0.05, 0) is 25.8 Å². The number of amidine groups is 1. The molecule has 3 atom stereocenters. The SMILES string of the molecule is CCN(CC(C)C(=N)N)C1CCCC(S(C)(=O)=O)C1. The Bertz CT molecular complexity index is 408. The van der Waals surface area contributed by atoms with Crippen molar-refractivity contribution in [3.63, 3.8) is 0 Å². The second-order valence-corrected chi connectivity index (χ2v) is 8.04. The fraction of sp³-hybridized carbons (Fsp3) is 0.923. The number of nitrogens with two attached hydrogens (primary N) is 1. The molecule has 0 radical (unpaired) electrons. The van der Waals surface area contributed by atoms with Gasteiger partial charge in [0.15, 0.2) is 0 Å². The summed E-state index contributed by atoms with van der Waals surface area (Å²) in [5.41, 5.74) is 5.53. The van der Waals surface area contributed by atoms with E-state index in [4.69, 9.17) is 11.1 Å². The summed E-state index contributed by atoms with van der Waals surface area (Å²) in [5.74, 6) is 0.229. The minimum atomic E-state index is -2.94.